The fourth-order valence-corrected chi connectivity index (χ4v) is 3.36. The van der Waals surface area contributed by atoms with Gasteiger partial charge in [-0.2, -0.15) is 0 Å². The van der Waals surface area contributed by atoms with Crippen molar-refractivity contribution < 1.29 is 0 Å². The second kappa shape index (κ2) is 7.84. The highest BCUT2D eigenvalue weighted by atomic mass is 15.1. The number of nitrogens with zero attached hydrogens (tertiary/aromatic N) is 2. The lowest BCUT2D eigenvalue weighted by molar-refractivity contribution is 0.284. The molecule has 20 heavy (non-hydrogen) atoms. The van der Waals surface area contributed by atoms with Crippen molar-refractivity contribution in [2.75, 3.05) is 26.2 Å². The number of aromatic nitrogens is 1. The lowest BCUT2D eigenvalue weighted by Gasteiger charge is -2.19. The van der Waals surface area contributed by atoms with Gasteiger partial charge in [0.25, 0.3) is 0 Å². The van der Waals surface area contributed by atoms with E-state index in [2.05, 4.69) is 41.6 Å². The maximum Gasteiger partial charge on any atom is 0.0223 e. The first kappa shape index (κ1) is 15.6. The molecule has 1 saturated heterocycles. The molecule has 3 heteroatoms. The average Bonchev–Trinajstić information content (AvgIpc) is 2.63. The SMILES string of the molecule is CCn1c(C)cc(CNCCN2CCCCCC2)c1C. The standard InChI is InChI=1S/C17H31N3/c1-4-20-15(2)13-17(16(20)3)14-18-9-12-19-10-7-5-6-8-11-19/h13,18H,4-12,14H2,1-3H3. The first-order chi connectivity index (χ1) is 9.72. The number of hydrogen-bond donors (Lipinski definition) is 1. The molecule has 0 radical (unpaired) electrons. The van der Waals surface area contributed by atoms with Gasteiger partial charge in [-0.15, -0.1) is 0 Å². The van der Waals surface area contributed by atoms with Crippen LogP contribution in [0.1, 0.15) is 49.6 Å². The van der Waals surface area contributed by atoms with Gasteiger partial charge in [-0.1, -0.05) is 12.8 Å². The van der Waals surface area contributed by atoms with E-state index in [0.717, 1.165) is 19.6 Å². The van der Waals surface area contributed by atoms with E-state index in [1.165, 1.54) is 62.3 Å². The summed E-state index contributed by atoms with van der Waals surface area (Å²) in [5.74, 6) is 0. The molecule has 0 atom stereocenters. The van der Waals surface area contributed by atoms with Gasteiger partial charge in [0.1, 0.15) is 0 Å². The molecule has 1 N–H and O–H groups in total. The van der Waals surface area contributed by atoms with Crippen molar-refractivity contribution in [3.8, 4) is 0 Å². The molecule has 0 aromatic carbocycles. The van der Waals surface area contributed by atoms with Crippen LogP contribution in [0.25, 0.3) is 0 Å². The van der Waals surface area contributed by atoms with E-state index in [1.54, 1.807) is 0 Å². The van der Waals surface area contributed by atoms with E-state index in [1.807, 2.05) is 0 Å². The zero-order chi connectivity index (χ0) is 14.4. The van der Waals surface area contributed by atoms with Crippen molar-refractivity contribution in [3.05, 3.63) is 23.0 Å². The fourth-order valence-electron chi connectivity index (χ4n) is 3.36. The van der Waals surface area contributed by atoms with Gasteiger partial charge in [0.15, 0.2) is 0 Å². The van der Waals surface area contributed by atoms with Crippen molar-refractivity contribution in [2.24, 2.45) is 0 Å². The smallest absolute Gasteiger partial charge is 0.0223 e. The minimum Gasteiger partial charge on any atom is -0.349 e. The highest BCUT2D eigenvalue weighted by Gasteiger charge is 2.09. The van der Waals surface area contributed by atoms with Crippen LogP contribution in [0.15, 0.2) is 6.07 Å². The molecule has 1 aliphatic heterocycles. The van der Waals surface area contributed by atoms with Crippen LogP contribution < -0.4 is 5.32 Å². The maximum absolute atomic E-state index is 3.62. The second-order valence-corrected chi connectivity index (χ2v) is 6.07. The Labute approximate surface area is 124 Å². The normalized spacial score (nSPS) is 17.4. The highest BCUT2D eigenvalue weighted by molar-refractivity contribution is 5.26. The molecule has 114 valence electrons. The molecule has 2 heterocycles. The Morgan fingerprint density at radius 1 is 1.10 bits per heavy atom. The third-order valence-corrected chi connectivity index (χ3v) is 4.61. The summed E-state index contributed by atoms with van der Waals surface area (Å²) in [6.45, 7) is 13.6. The molecular formula is C17H31N3. The third-order valence-electron chi connectivity index (χ3n) is 4.61. The molecule has 0 unspecified atom stereocenters. The summed E-state index contributed by atoms with van der Waals surface area (Å²) in [5, 5.41) is 3.62. The van der Waals surface area contributed by atoms with E-state index >= 15 is 0 Å². The summed E-state index contributed by atoms with van der Waals surface area (Å²) in [4.78, 5) is 2.62. The summed E-state index contributed by atoms with van der Waals surface area (Å²) in [7, 11) is 0. The number of nitrogens with one attached hydrogen (secondary N) is 1. The molecule has 2 rings (SSSR count). The van der Waals surface area contributed by atoms with Gasteiger partial charge in [-0.05, 0) is 58.3 Å². The van der Waals surface area contributed by atoms with Gasteiger partial charge >= 0.3 is 0 Å². The Hall–Kier alpha value is -0.800. The van der Waals surface area contributed by atoms with Crippen molar-refractivity contribution in [3.63, 3.8) is 0 Å². The topological polar surface area (TPSA) is 20.2 Å². The van der Waals surface area contributed by atoms with Crippen molar-refractivity contribution in [2.45, 2.75) is 59.5 Å². The number of likely N-dealkylation sites (tertiary alicyclic amines) is 1. The van der Waals surface area contributed by atoms with Crippen LogP contribution in [0.2, 0.25) is 0 Å². The molecule has 1 aliphatic rings. The minimum atomic E-state index is 1.01. The van der Waals surface area contributed by atoms with Crippen molar-refractivity contribution >= 4 is 0 Å². The Kier molecular flexibility index (Phi) is 6.11. The predicted molar refractivity (Wildman–Crippen MR) is 86.2 cm³/mol. The molecule has 1 aromatic heterocycles. The number of aryl methyl sites for hydroxylation is 1. The Balaban J connectivity index is 1.73. The van der Waals surface area contributed by atoms with Crippen LogP contribution >= 0.6 is 0 Å². The monoisotopic (exact) mass is 277 g/mol. The summed E-state index contributed by atoms with van der Waals surface area (Å²) in [6, 6.07) is 2.33. The molecule has 0 spiro atoms. The van der Waals surface area contributed by atoms with E-state index in [-0.39, 0.29) is 0 Å². The lowest BCUT2D eigenvalue weighted by Crippen LogP contribution is -2.32. The molecule has 3 nitrogen and oxygen atoms in total. The van der Waals surface area contributed by atoms with Crippen LogP contribution in [-0.4, -0.2) is 35.6 Å². The van der Waals surface area contributed by atoms with Crippen LogP contribution in [0.3, 0.4) is 0 Å². The first-order valence-electron chi connectivity index (χ1n) is 8.31. The Bertz CT molecular complexity index is 401. The maximum atomic E-state index is 3.62. The molecular weight excluding hydrogens is 246 g/mol. The van der Waals surface area contributed by atoms with Crippen LogP contribution in [-0.2, 0) is 13.1 Å². The van der Waals surface area contributed by atoms with Gasteiger partial charge in [-0.25, -0.2) is 0 Å². The quantitative estimate of drug-likeness (QED) is 0.806. The highest BCUT2D eigenvalue weighted by Crippen LogP contribution is 2.14. The molecule has 1 aromatic rings. The van der Waals surface area contributed by atoms with E-state index in [9.17, 15) is 0 Å². The Morgan fingerprint density at radius 3 is 2.40 bits per heavy atom. The van der Waals surface area contributed by atoms with Gasteiger partial charge in [0, 0.05) is 37.6 Å². The molecule has 0 amide bonds. The van der Waals surface area contributed by atoms with Crippen molar-refractivity contribution in [1.82, 2.24) is 14.8 Å². The van der Waals surface area contributed by atoms with Crippen LogP contribution in [0, 0.1) is 13.8 Å². The predicted octanol–water partition coefficient (Wildman–Crippen LogP) is 3.09. The first-order valence-corrected chi connectivity index (χ1v) is 8.31. The van der Waals surface area contributed by atoms with Gasteiger partial charge in [-0.3, -0.25) is 0 Å². The Morgan fingerprint density at radius 2 is 1.80 bits per heavy atom. The summed E-state index contributed by atoms with van der Waals surface area (Å²) < 4.78 is 2.39. The fraction of sp³-hybridized carbons (Fsp3) is 0.765. The number of rotatable bonds is 6. The lowest BCUT2D eigenvalue weighted by atomic mass is 10.2. The largest absolute Gasteiger partial charge is 0.349 e. The molecule has 0 saturated carbocycles. The van der Waals surface area contributed by atoms with E-state index < -0.39 is 0 Å². The summed E-state index contributed by atoms with van der Waals surface area (Å²) >= 11 is 0. The second-order valence-electron chi connectivity index (χ2n) is 6.07. The van der Waals surface area contributed by atoms with Gasteiger partial charge in [0.05, 0.1) is 0 Å². The zero-order valence-corrected chi connectivity index (χ0v) is 13.5. The van der Waals surface area contributed by atoms with Gasteiger partial charge < -0.3 is 14.8 Å². The van der Waals surface area contributed by atoms with Gasteiger partial charge in [0.2, 0.25) is 0 Å². The summed E-state index contributed by atoms with van der Waals surface area (Å²) in [5.41, 5.74) is 4.27. The van der Waals surface area contributed by atoms with Crippen LogP contribution in [0.5, 0.6) is 0 Å². The molecule has 0 bridgehead atoms. The minimum absolute atomic E-state index is 1.01. The average molecular weight is 277 g/mol. The van der Waals surface area contributed by atoms with Crippen molar-refractivity contribution in [1.29, 1.82) is 0 Å². The third kappa shape index (κ3) is 4.10. The summed E-state index contributed by atoms with van der Waals surface area (Å²) in [6.07, 6.45) is 5.62. The molecule has 0 aliphatic carbocycles. The molecule has 1 fully saturated rings. The number of hydrogen-bond acceptors (Lipinski definition) is 2. The zero-order valence-electron chi connectivity index (χ0n) is 13.5. The van der Waals surface area contributed by atoms with Crippen LogP contribution in [0.4, 0.5) is 0 Å². The van der Waals surface area contributed by atoms with E-state index in [4.69, 9.17) is 0 Å². The van der Waals surface area contributed by atoms with E-state index in [0.29, 0.717) is 0 Å².